The molecule has 0 unspecified atom stereocenters. The summed E-state index contributed by atoms with van der Waals surface area (Å²) in [5.74, 6) is 0.387. The Balaban J connectivity index is 1.68. The fourth-order valence-corrected chi connectivity index (χ4v) is 4.41. The Bertz CT molecular complexity index is 702. The van der Waals surface area contributed by atoms with Crippen molar-refractivity contribution in [2.75, 3.05) is 24.5 Å². The fourth-order valence-electron chi connectivity index (χ4n) is 3.22. The molecule has 23 heavy (non-hydrogen) atoms. The van der Waals surface area contributed by atoms with Crippen LogP contribution >= 0.6 is 11.3 Å². The third kappa shape index (κ3) is 3.50. The van der Waals surface area contributed by atoms with Gasteiger partial charge in [-0.3, -0.25) is 4.79 Å². The van der Waals surface area contributed by atoms with E-state index in [1.165, 1.54) is 15.8 Å². The molecule has 0 bridgehead atoms. The maximum absolute atomic E-state index is 12.1. The van der Waals surface area contributed by atoms with Crippen LogP contribution in [0.3, 0.4) is 0 Å². The van der Waals surface area contributed by atoms with E-state index < -0.39 is 0 Å². The Morgan fingerprint density at radius 1 is 1.35 bits per heavy atom. The molecular weight excluding hydrogens is 306 g/mol. The Morgan fingerprint density at radius 3 is 2.78 bits per heavy atom. The number of aryl methyl sites for hydroxylation is 2. The van der Waals surface area contributed by atoms with Gasteiger partial charge in [0.2, 0.25) is 5.91 Å². The number of anilines is 1. The highest BCUT2D eigenvalue weighted by atomic mass is 32.1. The lowest BCUT2D eigenvalue weighted by molar-refractivity contribution is -0.125. The molecule has 124 valence electrons. The molecule has 0 radical (unpaired) electrons. The Kier molecular flexibility index (Phi) is 4.85. The van der Waals surface area contributed by atoms with Gasteiger partial charge in [0.05, 0.1) is 10.2 Å². The zero-order valence-corrected chi connectivity index (χ0v) is 15.0. The number of piperidine rings is 1. The Morgan fingerprint density at radius 2 is 2.09 bits per heavy atom. The molecule has 0 saturated carbocycles. The number of carbonyl (C=O) groups is 1. The predicted octanol–water partition coefficient (Wildman–Crippen LogP) is 3.66. The molecule has 4 nitrogen and oxygen atoms in total. The number of aromatic nitrogens is 1. The van der Waals surface area contributed by atoms with Gasteiger partial charge in [-0.2, -0.15) is 0 Å². The van der Waals surface area contributed by atoms with Crippen molar-refractivity contribution in [2.24, 2.45) is 5.92 Å². The van der Waals surface area contributed by atoms with Crippen molar-refractivity contribution in [1.29, 1.82) is 0 Å². The monoisotopic (exact) mass is 331 g/mol. The minimum absolute atomic E-state index is 0.163. The SMILES string of the molecule is CCCNC(=O)C1CCN(c2nc3c(C)cc(C)cc3s2)CC1. The lowest BCUT2D eigenvalue weighted by Crippen LogP contribution is -2.40. The van der Waals surface area contributed by atoms with E-state index in [2.05, 4.69) is 43.1 Å². The Hall–Kier alpha value is -1.62. The van der Waals surface area contributed by atoms with Gasteiger partial charge in [0.15, 0.2) is 5.13 Å². The smallest absolute Gasteiger partial charge is 0.223 e. The minimum atomic E-state index is 0.163. The number of hydrogen-bond donors (Lipinski definition) is 1. The van der Waals surface area contributed by atoms with Gasteiger partial charge < -0.3 is 10.2 Å². The number of fused-ring (bicyclic) bond motifs is 1. The van der Waals surface area contributed by atoms with Crippen LogP contribution in [-0.4, -0.2) is 30.5 Å². The van der Waals surface area contributed by atoms with Crippen LogP contribution in [0.1, 0.15) is 37.3 Å². The number of nitrogens with zero attached hydrogens (tertiary/aromatic N) is 2. The van der Waals surface area contributed by atoms with Gasteiger partial charge in [-0.25, -0.2) is 4.98 Å². The highest BCUT2D eigenvalue weighted by Gasteiger charge is 2.26. The van der Waals surface area contributed by atoms with Crippen LogP contribution in [0.15, 0.2) is 12.1 Å². The molecular formula is C18H25N3OS. The van der Waals surface area contributed by atoms with E-state index in [1.54, 1.807) is 11.3 Å². The number of hydrogen-bond acceptors (Lipinski definition) is 4. The van der Waals surface area contributed by atoms with Crippen molar-refractivity contribution >= 4 is 32.6 Å². The molecule has 2 aromatic rings. The molecule has 1 N–H and O–H groups in total. The minimum Gasteiger partial charge on any atom is -0.356 e. The number of carbonyl (C=O) groups excluding carboxylic acids is 1. The molecule has 1 aromatic carbocycles. The molecule has 1 fully saturated rings. The van der Waals surface area contributed by atoms with Crippen molar-refractivity contribution in [3.8, 4) is 0 Å². The molecule has 2 heterocycles. The van der Waals surface area contributed by atoms with Crippen molar-refractivity contribution < 1.29 is 4.79 Å². The normalized spacial score (nSPS) is 16.0. The maximum Gasteiger partial charge on any atom is 0.223 e. The lowest BCUT2D eigenvalue weighted by Gasteiger charge is -2.31. The van der Waals surface area contributed by atoms with E-state index in [9.17, 15) is 4.79 Å². The van der Waals surface area contributed by atoms with Gasteiger partial charge in [0.1, 0.15) is 0 Å². The lowest BCUT2D eigenvalue weighted by atomic mass is 9.96. The van der Waals surface area contributed by atoms with E-state index in [-0.39, 0.29) is 11.8 Å². The van der Waals surface area contributed by atoms with Crippen molar-refractivity contribution in [3.63, 3.8) is 0 Å². The summed E-state index contributed by atoms with van der Waals surface area (Å²) in [4.78, 5) is 19.3. The molecule has 1 amide bonds. The van der Waals surface area contributed by atoms with Crippen molar-refractivity contribution in [3.05, 3.63) is 23.3 Å². The summed E-state index contributed by atoms with van der Waals surface area (Å²) in [6, 6.07) is 4.41. The zero-order valence-electron chi connectivity index (χ0n) is 14.2. The van der Waals surface area contributed by atoms with E-state index in [0.717, 1.165) is 49.5 Å². The van der Waals surface area contributed by atoms with Gasteiger partial charge in [-0.1, -0.05) is 24.3 Å². The predicted molar refractivity (Wildman–Crippen MR) is 97.3 cm³/mol. The second-order valence-corrected chi connectivity index (χ2v) is 7.49. The zero-order chi connectivity index (χ0) is 16.4. The first kappa shape index (κ1) is 16.2. The van der Waals surface area contributed by atoms with Crippen LogP contribution in [0, 0.1) is 19.8 Å². The molecule has 1 aromatic heterocycles. The number of amides is 1. The van der Waals surface area contributed by atoms with Gasteiger partial charge >= 0.3 is 0 Å². The molecule has 1 aliphatic rings. The molecule has 1 saturated heterocycles. The summed E-state index contributed by atoms with van der Waals surface area (Å²) in [6.45, 7) is 8.97. The van der Waals surface area contributed by atoms with Crippen molar-refractivity contribution in [2.45, 2.75) is 40.0 Å². The van der Waals surface area contributed by atoms with Crippen LogP contribution in [-0.2, 0) is 4.79 Å². The highest BCUT2D eigenvalue weighted by Crippen LogP contribution is 2.33. The van der Waals surface area contributed by atoms with E-state index in [0.29, 0.717) is 0 Å². The van der Waals surface area contributed by atoms with E-state index in [4.69, 9.17) is 4.98 Å². The standard InChI is InChI=1S/C18H25N3OS/c1-4-7-19-17(22)14-5-8-21(9-6-14)18-20-16-13(3)10-12(2)11-15(16)23-18/h10-11,14H,4-9H2,1-3H3,(H,19,22). The van der Waals surface area contributed by atoms with Crippen LogP contribution in [0.2, 0.25) is 0 Å². The third-order valence-electron chi connectivity index (χ3n) is 4.50. The molecule has 5 heteroatoms. The van der Waals surface area contributed by atoms with Gasteiger partial charge in [0.25, 0.3) is 0 Å². The number of rotatable bonds is 4. The summed E-state index contributed by atoms with van der Waals surface area (Å²) in [5, 5.41) is 4.12. The van der Waals surface area contributed by atoms with Crippen LogP contribution in [0.5, 0.6) is 0 Å². The van der Waals surface area contributed by atoms with Crippen LogP contribution < -0.4 is 10.2 Å². The molecule has 0 atom stereocenters. The summed E-state index contributed by atoms with van der Waals surface area (Å²) in [5.41, 5.74) is 3.66. The average Bonchev–Trinajstić information content (AvgIpc) is 2.97. The molecule has 3 rings (SSSR count). The molecule has 0 spiro atoms. The van der Waals surface area contributed by atoms with Gasteiger partial charge in [-0.15, -0.1) is 0 Å². The summed E-state index contributed by atoms with van der Waals surface area (Å²) in [7, 11) is 0. The first-order valence-electron chi connectivity index (χ1n) is 8.49. The number of benzene rings is 1. The summed E-state index contributed by atoms with van der Waals surface area (Å²) >= 11 is 1.77. The molecule has 0 aliphatic carbocycles. The number of nitrogens with one attached hydrogen (secondary N) is 1. The third-order valence-corrected chi connectivity index (χ3v) is 5.57. The molecule has 1 aliphatic heterocycles. The fraction of sp³-hybridized carbons (Fsp3) is 0.556. The topological polar surface area (TPSA) is 45.2 Å². The van der Waals surface area contributed by atoms with Gasteiger partial charge in [-0.05, 0) is 50.3 Å². The van der Waals surface area contributed by atoms with Crippen LogP contribution in [0.4, 0.5) is 5.13 Å². The van der Waals surface area contributed by atoms with E-state index in [1.807, 2.05) is 0 Å². The van der Waals surface area contributed by atoms with Gasteiger partial charge in [0, 0.05) is 25.6 Å². The average molecular weight is 331 g/mol. The van der Waals surface area contributed by atoms with Crippen molar-refractivity contribution in [1.82, 2.24) is 10.3 Å². The maximum atomic E-state index is 12.1. The second kappa shape index (κ2) is 6.87. The second-order valence-electron chi connectivity index (χ2n) is 6.48. The Labute approximate surface area is 141 Å². The van der Waals surface area contributed by atoms with E-state index >= 15 is 0 Å². The first-order valence-corrected chi connectivity index (χ1v) is 9.30. The number of thiazole rings is 1. The van der Waals surface area contributed by atoms with Crippen LogP contribution in [0.25, 0.3) is 10.2 Å². The quantitative estimate of drug-likeness (QED) is 0.930. The highest BCUT2D eigenvalue weighted by molar-refractivity contribution is 7.22. The summed E-state index contributed by atoms with van der Waals surface area (Å²) in [6.07, 6.45) is 2.84. The summed E-state index contributed by atoms with van der Waals surface area (Å²) < 4.78 is 1.26. The first-order chi connectivity index (χ1) is 11.1. The largest absolute Gasteiger partial charge is 0.356 e.